The highest BCUT2D eigenvalue weighted by molar-refractivity contribution is 5.70. The van der Waals surface area contributed by atoms with Gasteiger partial charge in [-0.2, -0.15) is 0 Å². The average Bonchev–Trinajstić information content (AvgIpc) is 2.48. The van der Waals surface area contributed by atoms with Crippen LogP contribution >= 0.6 is 0 Å². The molecule has 0 spiro atoms. The SMILES string of the molecule is C/C=C(/C)[C@@H](CCO)CC(=O)OCCc1ccc(O)cc1. The van der Waals surface area contributed by atoms with Gasteiger partial charge in [0.2, 0.25) is 0 Å². The molecule has 0 saturated heterocycles. The summed E-state index contributed by atoms with van der Waals surface area (Å²) >= 11 is 0. The van der Waals surface area contributed by atoms with Crippen LogP contribution in [-0.2, 0) is 16.0 Å². The van der Waals surface area contributed by atoms with Crippen molar-refractivity contribution in [1.29, 1.82) is 0 Å². The van der Waals surface area contributed by atoms with Gasteiger partial charge in [0, 0.05) is 13.0 Å². The number of carbonyl (C=O) groups excluding carboxylic acids is 1. The van der Waals surface area contributed by atoms with E-state index in [2.05, 4.69) is 0 Å². The number of rotatable bonds is 8. The molecule has 0 aliphatic rings. The van der Waals surface area contributed by atoms with Gasteiger partial charge < -0.3 is 14.9 Å². The summed E-state index contributed by atoms with van der Waals surface area (Å²) in [6, 6.07) is 6.84. The number of benzene rings is 1. The Bertz CT molecular complexity index is 462. The normalized spacial score (nSPS) is 13.0. The van der Waals surface area contributed by atoms with Gasteiger partial charge >= 0.3 is 5.97 Å². The molecule has 0 radical (unpaired) electrons. The third-order valence-corrected chi connectivity index (χ3v) is 3.58. The summed E-state index contributed by atoms with van der Waals surface area (Å²) in [5, 5.41) is 18.2. The minimum Gasteiger partial charge on any atom is -0.508 e. The summed E-state index contributed by atoms with van der Waals surface area (Å²) < 4.78 is 5.24. The van der Waals surface area contributed by atoms with Crippen molar-refractivity contribution in [2.45, 2.75) is 33.1 Å². The van der Waals surface area contributed by atoms with Gasteiger partial charge in [0.1, 0.15) is 5.75 Å². The maximum Gasteiger partial charge on any atom is 0.306 e. The number of ether oxygens (including phenoxy) is 1. The molecule has 116 valence electrons. The lowest BCUT2D eigenvalue weighted by Crippen LogP contribution is -2.15. The Kier molecular flexibility index (Phi) is 7.54. The van der Waals surface area contributed by atoms with E-state index in [1.807, 2.05) is 32.1 Å². The zero-order chi connectivity index (χ0) is 15.7. The molecule has 0 aliphatic carbocycles. The number of aliphatic hydroxyl groups is 1. The first-order chi connectivity index (χ1) is 10.1. The van der Waals surface area contributed by atoms with Gasteiger partial charge in [0.25, 0.3) is 0 Å². The molecule has 0 saturated carbocycles. The van der Waals surface area contributed by atoms with Crippen molar-refractivity contribution < 1.29 is 19.7 Å². The Balaban J connectivity index is 2.37. The van der Waals surface area contributed by atoms with Crippen molar-refractivity contribution >= 4 is 5.97 Å². The smallest absolute Gasteiger partial charge is 0.306 e. The zero-order valence-electron chi connectivity index (χ0n) is 12.7. The lowest BCUT2D eigenvalue weighted by molar-refractivity contribution is -0.144. The molecule has 0 unspecified atom stereocenters. The maximum atomic E-state index is 11.8. The first kappa shape index (κ1) is 17.2. The Morgan fingerprint density at radius 1 is 1.33 bits per heavy atom. The van der Waals surface area contributed by atoms with Crippen LogP contribution in [0.15, 0.2) is 35.9 Å². The van der Waals surface area contributed by atoms with Crippen LogP contribution in [0, 0.1) is 5.92 Å². The molecule has 0 amide bonds. The fraction of sp³-hybridized carbons (Fsp3) is 0.471. The van der Waals surface area contributed by atoms with Crippen LogP contribution < -0.4 is 0 Å². The van der Waals surface area contributed by atoms with Gasteiger partial charge in [0.15, 0.2) is 0 Å². The Morgan fingerprint density at radius 3 is 2.57 bits per heavy atom. The van der Waals surface area contributed by atoms with Crippen molar-refractivity contribution in [2.75, 3.05) is 13.2 Å². The van der Waals surface area contributed by atoms with Crippen LogP contribution in [-0.4, -0.2) is 29.4 Å². The predicted molar refractivity (Wildman–Crippen MR) is 82.0 cm³/mol. The van der Waals surface area contributed by atoms with Crippen molar-refractivity contribution in [3.05, 3.63) is 41.5 Å². The first-order valence-electron chi connectivity index (χ1n) is 7.24. The van der Waals surface area contributed by atoms with Gasteiger partial charge in [-0.15, -0.1) is 0 Å². The summed E-state index contributed by atoms with van der Waals surface area (Å²) in [7, 11) is 0. The van der Waals surface area contributed by atoms with Crippen LogP contribution in [0.25, 0.3) is 0 Å². The summed E-state index contributed by atoms with van der Waals surface area (Å²) in [5.41, 5.74) is 2.11. The van der Waals surface area contributed by atoms with E-state index >= 15 is 0 Å². The molecule has 0 fully saturated rings. The summed E-state index contributed by atoms with van der Waals surface area (Å²) in [4.78, 5) is 11.8. The quantitative estimate of drug-likeness (QED) is 0.571. The first-order valence-corrected chi connectivity index (χ1v) is 7.24. The monoisotopic (exact) mass is 292 g/mol. The molecule has 0 heterocycles. The summed E-state index contributed by atoms with van der Waals surface area (Å²) in [5.74, 6) is 0.0269. The topological polar surface area (TPSA) is 66.8 Å². The van der Waals surface area contributed by atoms with E-state index in [-0.39, 0.29) is 24.2 Å². The van der Waals surface area contributed by atoms with Crippen molar-refractivity contribution in [1.82, 2.24) is 0 Å². The fourth-order valence-electron chi connectivity index (χ4n) is 2.09. The third-order valence-electron chi connectivity index (χ3n) is 3.58. The van der Waals surface area contributed by atoms with E-state index in [1.54, 1.807) is 12.1 Å². The molecule has 1 aromatic rings. The minimum atomic E-state index is -0.242. The number of aliphatic hydroxyl groups excluding tert-OH is 1. The van der Waals surface area contributed by atoms with Crippen molar-refractivity contribution in [3.8, 4) is 5.75 Å². The molecule has 2 N–H and O–H groups in total. The standard InChI is InChI=1S/C17H24O4/c1-3-13(2)15(8-10-18)12-17(20)21-11-9-14-4-6-16(19)7-5-14/h3-7,15,18-19H,8-12H2,1-2H3/b13-3-/t15-/m0/s1. The van der Waals surface area contributed by atoms with Gasteiger partial charge in [0.05, 0.1) is 13.0 Å². The molecule has 0 aliphatic heterocycles. The van der Waals surface area contributed by atoms with Crippen LogP contribution in [0.4, 0.5) is 0 Å². The van der Waals surface area contributed by atoms with Crippen LogP contribution in [0.2, 0.25) is 0 Å². The van der Waals surface area contributed by atoms with Crippen molar-refractivity contribution in [3.63, 3.8) is 0 Å². The zero-order valence-corrected chi connectivity index (χ0v) is 12.7. The minimum absolute atomic E-state index is 0.0428. The molecule has 0 bridgehead atoms. The molecule has 4 nitrogen and oxygen atoms in total. The van der Waals surface area contributed by atoms with Gasteiger partial charge in [-0.05, 0) is 43.9 Å². The Labute approximate surface area is 126 Å². The van der Waals surface area contributed by atoms with Gasteiger partial charge in [-0.3, -0.25) is 4.79 Å². The van der Waals surface area contributed by atoms with E-state index in [4.69, 9.17) is 9.84 Å². The lowest BCUT2D eigenvalue weighted by Gasteiger charge is -2.15. The second-order valence-electron chi connectivity index (χ2n) is 5.08. The highest BCUT2D eigenvalue weighted by Gasteiger charge is 2.15. The molecule has 21 heavy (non-hydrogen) atoms. The van der Waals surface area contributed by atoms with Crippen LogP contribution in [0.3, 0.4) is 0 Å². The highest BCUT2D eigenvalue weighted by Crippen LogP contribution is 2.19. The van der Waals surface area contributed by atoms with Crippen LogP contribution in [0.5, 0.6) is 5.75 Å². The van der Waals surface area contributed by atoms with Gasteiger partial charge in [-0.1, -0.05) is 23.8 Å². The summed E-state index contributed by atoms with van der Waals surface area (Å²) in [6.07, 6.45) is 3.46. The predicted octanol–water partition coefficient (Wildman–Crippen LogP) is 2.83. The van der Waals surface area contributed by atoms with E-state index in [9.17, 15) is 9.90 Å². The molecular weight excluding hydrogens is 268 g/mol. The van der Waals surface area contributed by atoms with E-state index in [0.29, 0.717) is 25.9 Å². The van der Waals surface area contributed by atoms with E-state index in [1.165, 1.54) is 0 Å². The number of hydrogen-bond acceptors (Lipinski definition) is 4. The number of carbonyl (C=O) groups is 1. The average molecular weight is 292 g/mol. The van der Waals surface area contributed by atoms with E-state index in [0.717, 1.165) is 11.1 Å². The number of phenols is 1. The lowest BCUT2D eigenvalue weighted by atomic mass is 9.93. The third kappa shape index (κ3) is 6.45. The number of phenolic OH excluding ortho intramolecular Hbond substituents is 1. The highest BCUT2D eigenvalue weighted by atomic mass is 16.5. The second-order valence-corrected chi connectivity index (χ2v) is 5.08. The number of aromatic hydroxyl groups is 1. The second kappa shape index (κ2) is 9.19. The molecule has 1 atom stereocenters. The number of esters is 1. The fourth-order valence-corrected chi connectivity index (χ4v) is 2.09. The van der Waals surface area contributed by atoms with E-state index < -0.39 is 0 Å². The molecule has 0 aromatic heterocycles. The maximum absolute atomic E-state index is 11.8. The molecule has 1 aromatic carbocycles. The number of hydrogen-bond donors (Lipinski definition) is 2. The largest absolute Gasteiger partial charge is 0.508 e. The van der Waals surface area contributed by atoms with Gasteiger partial charge in [-0.25, -0.2) is 0 Å². The molecule has 1 rings (SSSR count). The van der Waals surface area contributed by atoms with Crippen molar-refractivity contribution in [2.24, 2.45) is 5.92 Å². The van der Waals surface area contributed by atoms with Crippen LogP contribution in [0.1, 0.15) is 32.3 Å². The Hall–Kier alpha value is -1.81. The molecular formula is C17H24O4. The Morgan fingerprint density at radius 2 is 2.00 bits per heavy atom. The molecule has 4 heteroatoms. The number of allylic oxidation sites excluding steroid dienone is 2. The summed E-state index contributed by atoms with van der Waals surface area (Å²) in [6.45, 7) is 4.28.